The molecule has 0 atom stereocenters. The van der Waals surface area contributed by atoms with Crippen LogP contribution in [0.5, 0.6) is 23.0 Å². The van der Waals surface area contributed by atoms with E-state index in [2.05, 4.69) is 55.5 Å². The topological polar surface area (TPSA) is 70.5 Å². The third kappa shape index (κ3) is 7.89. The molecule has 6 rings (SSSR count). The lowest BCUT2D eigenvalue weighted by Gasteiger charge is -2.44. The number of benzene rings is 4. The minimum absolute atomic E-state index is 0.0214. The fourth-order valence-corrected chi connectivity index (χ4v) is 8.18. The number of unbranched alkanes of at least 4 members (excludes halogenated alkanes) is 3. The zero-order chi connectivity index (χ0) is 31.8. The highest BCUT2D eigenvalue weighted by Crippen LogP contribution is 2.51. The van der Waals surface area contributed by atoms with E-state index >= 15 is 0 Å². The number of rotatable bonds is 12. The van der Waals surface area contributed by atoms with Gasteiger partial charge in [-0.25, -0.2) is 0 Å². The van der Waals surface area contributed by atoms with E-state index in [9.17, 15) is 0 Å². The van der Waals surface area contributed by atoms with Gasteiger partial charge in [-0.2, -0.15) is 0 Å². The largest absolute Gasteiger partial charge is 0.457 e. The maximum Gasteiger partial charge on any atom is 0.127 e. The van der Waals surface area contributed by atoms with E-state index in [0.29, 0.717) is 0 Å². The van der Waals surface area contributed by atoms with Crippen LogP contribution in [-0.4, -0.2) is 0 Å². The Morgan fingerprint density at radius 1 is 0.522 bits per heavy atom. The van der Waals surface area contributed by atoms with Gasteiger partial charge >= 0.3 is 0 Å². The van der Waals surface area contributed by atoms with Crippen molar-refractivity contribution in [2.45, 2.75) is 95.8 Å². The van der Waals surface area contributed by atoms with Crippen LogP contribution < -0.4 is 20.9 Å². The van der Waals surface area contributed by atoms with E-state index < -0.39 is 0 Å². The van der Waals surface area contributed by atoms with E-state index in [4.69, 9.17) is 20.9 Å². The van der Waals surface area contributed by atoms with Crippen LogP contribution in [0.3, 0.4) is 0 Å². The van der Waals surface area contributed by atoms with Gasteiger partial charge in [0, 0.05) is 16.8 Å². The van der Waals surface area contributed by atoms with Crippen molar-refractivity contribution in [3.05, 3.63) is 108 Å². The van der Waals surface area contributed by atoms with E-state index in [0.717, 1.165) is 52.1 Å². The fourth-order valence-electron chi connectivity index (χ4n) is 8.18. The molecule has 2 aliphatic rings. The highest BCUT2D eigenvalue weighted by Gasteiger charge is 2.41. The molecule has 4 aromatic rings. The second-order valence-electron chi connectivity index (χ2n) is 13.9. The molecule has 0 heterocycles. The number of nitrogen functional groups attached to an aromatic ring is 2. The summed E-state index contributed by atoms with van der Waals surface area (Å²) in [6.45, 7) is 2.31. The monoisotopic (exact) mass is 616 g/mol. The third-order valence-corrected chi connectivity index (χ3v) is 11.0. The van der Waals surface area contributed by atoms with Gasteiger partial charge in [-0.1, -0.05) is 76.1 Å². The summed E-state index contributed by atoms with van der Waals surface area (Å²) >= 11 is 0. The summed E-state index contributed by atoms with van der Waals surface area (Å²) < 4.78 is 12.3. The van der Waals surface area contributed by atoms with Crippen molar-refractivity contribution < 1.29 is 9.47 Å². The van der Waals surface area contributed by atoms with Gasteiger partial charge in [0.1, 0.15) is 23.0 Å². The first-order valence-electron chi connectivity index (χ1n) is 17.8. The van der Waals surface area contributed by atoms with Crippen LogP contribution >= 0.6 is 0 Å². The number of hydrogen-bond acceptors (Lipinski definition) is 4. The Balaban J connectivity index is 1.16. The summed E-state index contributed by atoms with van der Waals surface area (Å²) in [5.74, 6) is 5.99. The molecule has 2 aliphatic carbocycles. The van der Waals surface area contributed by atoms with E-state index in [-0.39, 0.29) is 5.41 Å². The van der Waals surface area contributed by atoms with E-state index in [1.165, 1.54) is 94.6 Å². The summed E-state index contributed by atoms with van der Waals surface area (Å²) in [5.41, 5.74) is 15.9. The standard InChI is InChI=1S/C42H52N2O2/c1-2-3-4-5-6-31-7-9-32(10-8-31)33-27-29-42(30-28-33,34-11-19-38(20-12-34)45-40-23-15-36(43)16-24-40)35-13-21-39(22-14-35)46-41-25-17-37(44)18-26-41/h11-26,31-33H,2-10,27-30,43-44H2,1H3/t31-,32-. The summed E-state index contributed by atoms with van der Waals surface area (Å²) in [5, 5.41) is 0. The molecule has 4 N–H and O–H groups in total. The fraction of sp³-hybridized carbons (Fsp3) is 0.429. The second kappa shape index (κ2) is 15.1. The molecule has 4 heteroatoms. The van der Waals surface area contributed by atoms with Crippen molar-refractivity contribution in [1.82, 2.24) is 0 Å². The van der Waals surface area contributed by atoms with Crippen molar-refractivity contribution in [2.24, 2.45) is 17.8 Å². The van der Waals surface area contributed by atoms with Crippen molar-refractivity contribution in [3.63, 3.8) is 0 Å². The first kappa shape index (κ1) is 32.0. The quantitative estimate of drug-likeness (QED) is 0.123. The van der Waals surface area contributed by atoms with Gasteiger partial charge in [0.25, 0.3) is 0 Å². The lowest BCUT2D eigenvalue weighted by Crippen LogP contribution is -2.35. The molecule has 0 saturated heterocycles. The minimum Gasteiger partial charge on any atom is -0.457 e. The van der Waals surface area contributed by atoms with Gasteiger partial charge in [-0.15, -0.1) is 0 Å². The Hall–Kier alpha value is -3.92. The van der Waals surface area contributed by atoms with Gasteiger partial charge in [0.15, 0.2) is 0 Å². The molecule has 0 aliphatic heterocycles. The predicted octanol–water partition coefficient (Wildman–Crippen LogP) is 11.7. The molecule has 2 saturated carbocycles. The van der Waals surface area contributed by atoms with Crippen molar-refractivity contribution in [3.8, 4) is 23.0 Å². The number of ether oxygens (including phenoxy) is 2. The first-order chi connectivity index (χ1) is 22.5. The summed E-state index contributed by atoms with van der Waals surface area (Å²) in [6, 6.07) is 32.8. The number of hydrogen-bond donors (Lipinski definition) is 2. The predicted molar refractivity (Wildman–Crippen MR) is 192 cm³/mol. The van der Waals surface area contributed by atoms with Crippen LogP contribution in [0, 0.1) is 17.8 Å². The SMILES string of the molecule is CCCCCC[C@H]1CC[C@H](C2CCC(c3ccc(Oc4ccc(N)cc4)cc3)(c3ccc(Oc4ccc(N)cc4)cc3)CC2)CC1. The lowest BCUT2D eigenvalue weighted by molar-refractivity contribution is 0.140. The molecule has 0 aromatic heterocycles. The van der Waals surface area contributed by atoms with Gasteiger partial charge < -0.3 is 20.9 Å². The molecule has 0 spiro atoms. The summed E-state index contributed by atoms with van der Waals surface area (Å²) in [4.78, 5) is 0. The molecule has 242 valence electrons. The second-order valence-corrected chi connectivity index (χ2v) is 13.9. The normalized spacial score (nSPS) is 19.8. The van der Waals surface area contributed by atoms with Gasteiger partial charge in [-0.05, 0) is 140 Å². The third-order valence-electron chi connectivity index (χ3n) is 11.0. The maximum absolute atomic E-state index is 6.16. The average molecular weight is 617 g/mol. The average Bonchev–Trinajstić information content (AvgIpc) is 3.10. The van der Waals surface area contributed by atoms with E-state index in [1.807, 2.05) is 48.5 Å². The van der Waals surface area contributed by atoms with E-state index in [1.54, 1.807) is 0 Å². The number of nitrogens with two attached hydrogens (primary N) is 2. The van der Waals surface area contributed by atoms with Crippen molar-refractivity contribution in [2.75, 3.05) is 11.5 Å². The molecule has 0 bridgehead atoms. The highest BCUT2D eigenvalue weighted by atomic mass is 16.5. The molecule has 2 fully saturated rings. The first-order valence-corrected chi connectivity index (χ1v) is 17.8. The Bertz CT molecular complexity index is 1390. The number of anilines is 2. The molecule has 0 amide bonds. The Kier molecular flexibility index (Phi) is 10.5. The van der Waals surface area contributed by atoms with Crippen molar-refractivity contribution in [1.29, 1.82) is 0 Å². The molecule has 4 nitrogen and oxygen atoms in total. The molecular formula is C42H52N2O2. The minimum atomic E-state index is -0.0214. The zero-order valence-electron chi connectivity index (χ0n) is 27.6. The Morgan fingerprint density at radius 3 is 1.37 bits per heavy atom. The smallest absolute Gasteiger partial charge is 0.127 e. The van der Waals surface area contributed by atoms with Crippen LogP contribution in [0.2, 0.25) is 0 Å². The molecular weight excluding hydrogens is 564 g/mol. The van der Waals surface area contributed by atoms with Crippen LogP contribution in [0.15, 0.2) is 97.1 Å². The Morgan fingerprint density at radius 2 is 0.935 bits per heavy atom. The van der Waals surface area contributed by atoms with Gasteiger partial charge in [0.05, 0.1) is 0 Å². The van der Waals surface area contributed by atoms with Crippen LogP contribution in [0.4, 0.5) is 11.4 Å². The summed E-state index contributed by atoms with van der Waals surface area (Å²) in [6.07, 6.45) is 17.7. The van der Waals surface area contributed by atoms with Crippen molar-refractivity contribution >= 4 is 11.4 Å². The molecule has 0 radical (unpaired) electrons. The lowest BCUT2D eigenvalue weighted by atomic mass is 9.60. The molecule has 46 heavy (non-hydrogen) atoms. The highest BCUT2D eigenvalue weighted by molar-refractivity contribution is 5.47. The maximum atomic E-state index is 6.16. The zero-order valence-corrected chi connectivity index (χ0v) is 27.6. The molecule has 0 unspecified atom stereocenters. The van der Waals surface area contributed by atoms with Gasteiger partial charge in [-0.3, -0.25) is 0 Å². The summed E-state index contributed by atoms with van der Waals surface area (Å²) in [7, 11) is 0. The van der Waals surface area contributed by atoms with Crippen LogP contribution in [0.25, 0.3) is 0 Å². The molecule has 4 aromatic carbocycles. The van der Waals surface area contributed by atoms with Gasteiger partial charge in [0.2, 0.25) is 0 Å². The van der Waals surface area contributed by atoms with Crippen LogP contribution in [0.1, 0.15) is 102 Å². The van der Waals surface area contributed by atoms with Crippen LogP contribution in [-0.2, 0) is 5.41 Å². The Labute approximate surface area is 276 Å².